The number of sulfonamides is 1. The summed E-state index contributed by atoms with van der Waals surface area (Å²) in [6, 6.07) is 11.8. The van der Waals surface area contributed by atoms with E-state index < -0.39 is 28.4 Å². The first-order valence-electron chi connectivity index (χ1n) is 7.86. The van der Waals surface area contributed by atoms with E-state index in [0.717, 1.165) is 34.1 Å². The van der Waals surface area contributed by atoms with Crippen LogP contribution in [0.4, 0.5) is 4.39 Å². The number of benzene rings is 2. The molecule has 0 unspecified atom stereocenters. The number of likely N-dealkylation sites (N-methyl/N-ethyl adjacent to an activating group) is 1. The number of rotatable bonds is 8. The van der Waals surface area contributed by atoms with Gasteiger partial charge in [0.1, 0.15) is 31.3 Å². The van der Waals surface area contributed by atoms with Crippen molar-refractivity contribution in [2.45, 2.75) is 11.8 Å². The summed E-state index contributed by atoms with van der Waals surface area (Å²) in [6.45, 7) is 1.63. The first-order valence-corrected chi connectivity index (χ1v) is 9.30. The van der Waals surface area contributed by atoms with Crippen molar-refractivity contribution in [1.82, 2.24) is 4.31 Å². The van der Waals surface area contributed by atoms with Gasteiger partial charge in [-0.2, -0.15) is 4.31 Å². The lowest BCUT2D eigenvalue weighted by molar-refractivity contribution is -0.144. The number of nitrogens with zero attached hydrogens (tertiary/aromatic N) is 1. The molecule has 0 heterocycles. The Balaban J connectivity index is 1.80. The molecular weight excluding hydrogens is 361 g/mol. The van der Waals surface area contributed by atoms with Crippen LogP contribution >= 0.6 is 0 Å². The van der Waals surface area contributed by atoms with Crippen molar-refractivity contribution in [2.24, 2.45) is 0 Å². The Morgan fingerprint density at radius 3 is 2.46 bits per heavy atom. The lowest BCUT2D eigenvalue weighted by Gasteiger charge is -2.16. The predicted octanol–water partition coefficient (Wildman–Crippen LogP) is 2.38. The zero-order valence-corrected chi connectivity index (χ0v) is 15.3. The number of halogens is 1. The summed E-state index contributed by atoms with van der Waals surface area (Å²) in [7, 11) is -2.64. The molecule has 0 atom stereocenters. The fourth-order valence-electron chi connectivity index (χ4n) is 2.12. The summed E-state index contributed by atoms with van der Waals surface area (Å²) in [5, 5.41) is 0. The van der Waals surface area contributed by atoms with Gasteiger partial charge in [0.2, 0.25) is 10.0 Å². The highest BCUT2D eigenvalue weighted by Gasteiger charge is 2.23. The molecule has 0 aliphatic carbocycles. The van der Waals surface area contributed by atoms with Gasteiger partial charge in [-0.25, -0.2) is 12.8 Å². The van der Waals surface area contributed by atoms with Gasteiger partial charge in [0, 0.05) is 7.05 Å². The van der Waals surface area contributed by atoms with Gasteiger partial charge < -0.3 is 9.47 Å². The molecule has 0 N–H and O–H groups in total. The molecule has 0 spiro atoms. The molecule has 0 radical (unpaired) electrons. The van der Waals surface area contributed by atoms with Crippen LogP contribution in [0, 0.1) is 12.7 Å². The van der Waals surface area contributed by atoms with E-state index in [4.69, 9.17) is 9.47 Å². The molecule has 0 aromatic heterocycles. The van der Waals surface area contributed by atoms with Gasteiger partial charge in [-0.15, -0.1) is 0 Å². The summed E-state index contributed by atoms with van der Waals surface area (Å²) in [5.41, 5.74) is 1.05. The molecule has 2 rings (SSSR count). The van der Waals surface area contributed by atoms with E-state index >= 15 is 0 Å². The third kappa shape index (κ3) is 5.53. The highest BCUT2D eigenvalue weighted by Crippen LogP contribution is 2.15. The topological polar surface area (TPSA) is 72.9 Å². The smallest absolute Gasteiger partial charge is 0.321 e. The van der Waals surface area contributed by atoms with E-state index in [2.05, 4.69) is 0 Å². The second-order valence-electron chi connectivity index (χ2n) is 5.60. The minimum Gasteiger partial charge on any atom is -0.490 e. The Bertz CT molecular complexity index is 852. The molecule has 0 bridgehead atoms. The van der Waals surface area contributed by atoms with E-state index in [0.29, 0.717) is 5.75 Å². The minimum absolute atomic E-state index is 0.00277. The Hall–Kier alpha value is -2.45. The van der Waals surface area contributed by atoms with Crippen molar-refractivity contribution in [3.8, 4) is 5.75 Å². The summed E-state index contributed by atoms with van der Waals surface area (Å²) in [4.78, 5) is 11.7. The molecule has 0 amide bonds. The maximum atomic E-state index is 12.9. The molecule has 140 valence electrons. The second-order valence-corrected chi connectivity index (χ2v) is 7.65. The normalized spacial score (nSPS) is 11.4. The van der Waals surface area contributed by atoms with Crippen LogP contribution in [0.1, 0.15) is 5.56 Å². The van der Waals surface area contributed by atoms with E-state index in [-0.39, 0.29) is 18.1 Å². The summed E-state index contributed by atoms with van der Waals surface area (Å²) in [6.07, 6.45) is 0. The van der Waals surface area contributed by atoms with Gasteiger partial charge >= 0.3 is 5.97 Å². The van der Waals surface area contributed by atoms with Crippen molar-refractivity contribution in [2.75, 3.05) is 26.8 Å². The van der Waals surface area contributed by atoms with E-state index in [9.17, 15) is 17.6 Å². The molecule has 0 saturated carbocycles. The molecule has 26 heavy (non-hydrogen) atoms. The SMILES string of the molecule is Cc1cccc(OCCOC(=O)CN(C)S(=O)(=O)c2ccc(F)cc2)c1. The molecular formula is C18H20FNO5S. The lowest BCUT2D eigenvalue weighted by atomic mass is 10.2. The summed E-state index contributed by atoms with van der Waals surface area (Å²) in [5.74, 6) is -0.581. The third-order valence-electron chi connectivity index (χ3n) is 3.48. The second kappa shape index (κ2) is 8.77. The number of carbonyl (C=O) groups excluding carboxylic acids is 1. The summed E-state index contributed by atoms with van der Waals surface area (Å²) >= 11 is 0. The van der Waals surface area contributed by atoms with Crippen molar-refractivity contribution in [3.05, 3.63) is 59.9 Å². The Kier molecular flexibility index (Phi) is 6.70. The van der Waals surface area contributed by atoms with Crippen LogP contribution in [-0.2, 0) is 19.6 Å². The van der Waals surface area contributed by atoms with Gasteiger partial charge in [-0.05, 0) is 48.9 Å². The van der Waals surface area contributed by atoms with Crippen LogP contribution in [0.5, 0.6) is 5.75 Å². The lowest BCUT2D eigenvalue weighted by Crippen LogP contribution is -2.33. The van der Waals surface area contributed by atoms with Gasteiger partial charge in [0.15, 0.2) is 0 Å². The van der Waals surface area contributed by atoms with Crippen LogP contribution in [0.3, 0.4) is 0 Å². The highest BCUT2D eigenvalue weighted by atomic mass is 32.2. The maximum Gasteiger partial charge on any atom is 0.321 e. The molecule has 0 fully saturated rings. The molecule has 8 heteroatoms. The Morgan fingerprint density at radius 1 is 1.12 bits per heavy atom. The molecule has 2 aromatic carbocycles. The van der Waals surface area contributed by atoms with E-state index in [1.807, 2.05) is 25.1 Å². The van der Waals surface area contributed by atoms with Gasteiger partial charge in [0.25, 0.3) is 0 Å². The van der Waals surface area contributed by atoms with E-state index in [1.165, 1.54) is 7.05 Å². The molecule has 0 aliphatic heterocycles. The minimum atomic E-state index is -3.89. The average Bonchev–Trinajstić information content (AvgIpc) is 2.59. The number of aryl methyl sites for hydroxylation is 1. The van der Waals surface area contributed by atoms with Crippen LogP contribution in [0.15, 0.2) is 53.4 Å². The van der Waals surface area contributed by atoms with Crippen molar-refractivity contribution < 1.29 is 27.1 Å². The van der Waals surface area contributed by atoms with Crippen LogP contribution in [0.25, 0.3) is 0 Å². The fourth-order valence-corrected chi connectivity index (χ4v) is 3.23. The Morgan fingerprint density at radius 2 is 1.81 bits per heavy atom. The Labute approximate surface area is 152 Å². The van der Waals surface area contributed by atoms with Gasteiger partial charge in [-0.1, -0.05) is 12.1 Å². The van der Waals surface area contributed by atoms with Crippen molar-refractivity contribution in [3.63, 3.8) is 0 Å². The zero-order valence-electron chi connectivity index (χ0n) is 14.5. The monoisotopic (exact) mass is 381 g/mol. The van der Waals surface area contributed by atoms with E-state index in [1.54, 1.807) is 6.07 Å². The quantitative estimate of drug-likeness (QED) is 0.519. The summed E-state index contributed by atoms with van der Waals surface area (Å²) < 4.78 is 48.8. The third-order valence-corrected chi connectivity index (χ3v) is 5.30. The fraction of sp³-hybridized carbons (Fsp3) is 0.278. The number of ether oxygens (including phenoxy) is 2. The highest BCUT2D eigenvalue weighted by molar-refractivity contribution is 7.89. The van der Waals surface area contributed by atoms with Crippen molar-refractivity contribution >= 4 is 16.0 Å². The molecule has 6 nitrogen and oxygen atoms in total. The first-order chi connectivity index (χ1) is 12.3. The van der Waals surface area contributed by atoms with Gasteiger partial charge in [0.05, 0.1) is 4.90 Å². The van der Waals surface area contributed by atoms with Crippen LogP contribution in [-0.4, -0.2) is 45.5 Å². The largest absolute Gasteiger partial charge is 0.490 e. The maximum absolute atomic E-state index is 12.9. The number of hydrogen-bond acceptors (Lipinski definition) is 5. The molecule has 0 aliphatic rings. The first kappa shape index (κ1) is 19.9. The zero-order chi connectivity index (χ0) is 19.2. The standard InChI is InChI=1S/C18H20FNO5S/c1-14-4-3-5-16(12-14)24-10-11-25-18(21)13-20(2)26(22,23)17-8-6-15(19)7-9-17/h3-9,12H,10-11,13H2,1-2H3. The van der Waals surface area contributed by atoms with Gasteiger partial charge in [-0.3, -0.25) is 4.79 Å². The number of carbonyl (C=O) groups is 1. The van der Waals surface area contributed by atoms with Crippen molar-refractivity contribution in [1.29, 1.82) is 0 Å². The number of hydrogen-bond donors (Lipinski definition) is 0. The van der Waals surface area contributed by atoms with Crippen LogP contribution < -0.4 is 4.74 Å². The average molecular weight is 381 g/mol. The molecule has 2 aromatic rings. The predicted molar refractivity (Wildman–Crippen MR) is 93.8 cm³/mol. The molecule has 0 saturated heterocycles. The van der Waals surface area contributed by atoms with Crippen LogP contribution in [0.2, 0.25) is 0 Å². The number of esters is 1.